The van der Waals surface area contributed by atoms with Crippen LogP contribution in [0.25, 0.3) is 6.08 Å². The lowest BCUT2D eigenvalue weighted by molar-refractivity contribution is 0.288. The minimum absolute atomic E-state index is 0.497. The molecule has 21 heavy (non-hydrogen) atoms. The van der Waals surface area contributed by atoms with E-state index in [-0.39, 0.29) is 0 Å². The molecule has 0 spiro atoms. The summed E-state index contributed by atoms with van der Waals surface area (Å²) in [7, 11) is 3.92. The van der Waals surface area contributed by atoms with Gasteiger partial charge in [-0.25, -0.2) is 0 Å². The number of hydrogen-bond donors (Lipinski definition) is 0. The number of allylic oxidation sites excluding steroid dienone is 4. The van der Waals surface area contributed by atoms with Crippen LogP contribution in [0.2, 0.25) is 0 Å². The second-order valence-electron chi connectivity index (χ2n) is 5.01. The van der Waals surface area contributed by atoms with Crippen LogP contribution in [0.1, 0.15) is 12.5 Å². The van der Waals surface area contributed by atoms with Crippen LogP contribution in [-0.2, 0) is 4.74 Å². The molecule has 0 N–H and O–H groups in total. The fraction of sp³-hybridized carbons (Fsp3) is 0.167. The minimum atomic E-state index is 0.497. The van der Waals surface area contributed by atoms with Crippen molar-refractivity contribution in [3.8, 4) is 6.07 Å². The van der Waals surface area contributed by atoms with E-state index in [0.717, 1.165) is 11.3 Å². The van der Waals surface area contributed by atoms with Crippen LogP contribution < -0.4 is 0 Å². The summed E-state index contributed by atoms with van der Waals surface area (Å²) in [5, 5.41) is 9.10. The Labute approximate surface area is 125 Å². The van der Waals surface area contributed by atoms with E-state index < -0.39 is 0 Å². The lowest BCUT2D eigenvalue weighted by atomic mass is 10.0. The zero-order valence-electron chi connectivity index (χ0n) is 12.6. The summed E-state index contributed by atoms with van der Waals surface area (Å²) < 4.78 is 5.80. The summed E-state index contributed by atoms with van der Waals surface area (Å²) in [5.74, 6) is 1.28. The molecule has 0 aromatic heterocycles. The lowest BCUT2D eigenvalue weighted by Gasteiger charge is -2.24. The van der Waals surface area contributed by atoms with Crippen LogP contribution in [-0.4, -0.2) is 19.0 Å². The topological polar surface area (TPSA) is 36.3 Å². The van der Waals surface area contributed by atoms with Crippen LogP contribution in [0.3, 0.4) is 0 Å². The van der Waals surface area contributed by atoms with Gasteiger partial charge in [-0.05, 0) is 30.2 Å². The standard InChI is InChI=1S/C18H18N2O/c1-13-10-18(21-14(2)16(13)12-19)17(20(3)4)11-15-8-6-5-7-9-15/h5-11H,1H2,2-4H3. The molecule has 0 amide bonds. The van der Waals surface area contributed by atoms with Crippen LogP contribution in [0.5, 0.6) is 0 Å². The number of nitrogens with zero attached hydrogens (tertiary/aromatic N) is 2. The van der Waals surface area contributed by atoms with Crippen molar-refractivity contribution in [2.45, 2.75) is 6.92 Å². The maximum absolute atomic E-state index is 9.10. The van der Waals surface area contributed by atoms with E-state index in [2.05, 4.69) is 12.6 Å². The minimum Gasteiger partial charge on any atom is -0.458 e. The summed E-state index contributed by atoms with van der Waals surface area (Å²) in [6.45, 7) is 5.72. The monoisotopic (exact) mass is 278 g/mol. The van der Waals surface area contributed by atoms with E-state index in [0.29, 0.717) is 22.7 Å². The van der Waals surface area contributed by atoms with Gasteiger partial charge >= 0.3 is 0 Å². The zero-order chi connectivity index (χ0) is 15.4. The number of hydrogen-bond acceptors (Lipinski definition) is 3. The Morgan fingerprint density at radius 3 is 2.48 bits per heavy atom. The molecule has 0 unspecified atom stereocenters. The molecular weight excluding hydrogens is 260 g/mol. The maximum Gasteiger partial charge on any atom is 0.150 e. The van der Waals surface area contributed by atoms with Gasteiger partial charge in [0.2, 0.25) is 0 Å². The van der Waals surface area contributed by atoms with Crippen molar-refractivity contribution in [2.75, 3.05) is 14.1 Å². The number of likely N-dealkylation sites (N-methyl/N-ethyl adjacent to an activating group) is 1. The highest BCUT2D eigenvalue weighted by molar-refractivity contribution is 5.60. The van der Waals surface area contributed by atoms with Gasteiger partial charge in [-0.3, -0.25) is 0 Å². The number of rotatable bonds is 3. The van der Waals surface area contributed by atoms with Gasteiger partial charge in [0.25, 0.3) is 0 Å². The molecule has 0 saturated heterocycles. The summed E-state index contributed by atoms with van der Waals surface area (Å²) in [6.07, 6.45) is 3.85. The van der Waals surface area contributed by atoms with Gasteiger partial charge in [-0.1, -0.05) is 36.9 Å². The van der Waals surface area contributed by atoms with Gasteiger partial charge in [0.05, 0.1) is 11.3 Å². The second-order valence-corrected chi connectivity index (χ2v) is 5.01. The first-order chi connectivity index (χ1) is 10.0. The third-order valence-corrected chi connectivity index (χ3v) is 3.19. The summed E-state index contributed by atoms with van der Waals surface area (Å²) >= 11 is 0. The van der Waals surface area contributed by atoms with Crippen molar-refractivity contribution in [1.82, 2.24) is 4.90 Å². The molecule has 1 aliphatic heterocycles. The molecular formula is C18H18N2O. The van der Waals surface area contributed by atoms with Crippen LogP contribution in [0.15, 0.2) is 71.3 Å². The van der Waals surface area contributed by atoms with Crippen molar-refractivity contribution in [1.29, 1.82) is 5.26 Å². The molecule has 0 saturated carbocycles. The number of benzene rings is 1. The molecule has 3 heteroatoms. The molecule has 106 valence electrons. The van der Waals surface area contributed by atoms with Crippen molar-refractivity contribution in [3.05, 3.63) is 76.9 Å². The number of ether oxygens (including phenoxy) is 1. The molecule has 2 rings (SSSR count). The van der Waals surface area contributed by atoms with E-state index in [1.54, 1.807) is 13.0 Å². The third-order valence-electron chi connectivity index (χ3n) is 3.19. The molecule has 1 aliphatic rings. The van der Waals surface area contributed by atoms with E-state index in [1.165, 1.54) is 0 Å². The Morgan fingerprint density at radius 1 is 1.29 bits per heavy atom. The average molecular weight is 278 g/mol. The highest BCUT2D eigenvalue weighted by Crippen LogP contribution is 2.30. The van der Waals surface area contributed by atoms with Gasteiger partial charge < -0.3 is 9.64 Å². The molecule has 0 aliphatic carbocycles. The van der Waals surface area contributed by atoms with Crippen molar-refractivity contribution < 1.29 is 4.74 Å². The fourth-order valence-corrected chi connectivity index (χ4v) is 2.11. The van der Waals surface area contributed by atoms with E-state index in [9.17, 15) is 0 Å². The van der Waals surface area contributed by atoms with E-state index >= 15 is 0 Å². The first-order valence-corrected chi connectivity index (χ1v) is 6.67. The summed E-state index contributed by atoms with van der Waals surface area (Å²) in [5.41, 5.74) is 3.19. The Bertz CT molecular complexity index is 686. The quantitative estimate of drug-likeness (QED) is 0.842. The first-order valence-electron chi connectivity index (χ1n) is 6.67. The first kappa shape index (κ1) is 14.7. The van der Waals surface area contributed by atoms with Gasteiger partial charge in [0, 0.05) is 14.1 Å². The predicted molar refractivity (Wildman–Crippen MR) is 84.7 cm³/mol. The molecule has 3 nitrogen and oxygen atoms in total. The summed E-state index contributed by atoms with van der Waals surface area (Å²) in [6, 6.07) is 12.2. The lowest BCUT2D eigenvalue weighted by Crippen LogP contribution is -2.16. The third kappa shape index (κ3) is 3.24. The predicted octanol–water partition coefficient (Wildman–Crippen LogP) is 3.86. The second kappa shape index (κ2) is 6.15. The average Bonchev–Trinajstić information content (AvgIpc) is 2.45. The van der Waals surface area contributed by atoms with Gasteiger partial charge in [0.1, 0.15) is 11.8 Å². The molecule has 1 aromatic carbocycles. The smallest absolute Gasteiger partial charge is 0.150 e. The molecule has 0 bridgehead atoms. The molecule has 1 heterocycles. The Morgan fingerprint density at radius 2 is 1.95 bits per heavy atom. The molecule has 0 fully saturated rings. The summed E-state index contributed by atoms with van der Waals surface area (Å²) in [4.78, 5) is 1.98. The Kier molecular flexibility index (Phi) is 4.30. The zero-order valence-corrected chi connectivity index (χ0v) is 12.6. The van der Waals surface area contributed by atoms with E-state index in [1.807, 2.05) is 55.4 Å². The molecule has 0 atom stereocenters. The maximum atomic E-state index is 9.10. The highest BCUT2D eigenvalue weighted by atomic mass is 16.5. The van der Waals surface area contributed by atoms with Crippen molar-refractivity contribution >= 4 is 6.08 Å². The van der Waals surface area contributed by atoms with E-state index in [4.69, 9.17) is 10.00 Å². The largest absolute Gasteiger partial charge is 0.458 e. The van der Waals surface area contributed by atoms with Crippen LogP contribution >= 0.6 is 0 Å². The molecule has 0 radical (unpaired) electrons. The van der Waals surface area contributed by atoms with Gasteiger partial charge in [0.15, 0.2) is 5.76 Å². The van der Waals surface area contributed by atoms with Gasteiger partial charge in [-0.2, -0.15) is 5.26 Å². The van der Waals surface area contributed by atoms with Crippen molar-refractivity contribution in [2.24, 2.45) is 0 Å². The Hall–Kier alpha value is -2.73. The number of nitriles is 1. The molecule has 1 aromatic rings. The van der Waals surface area contributed by atoms with Crippen LogP contribution in [0.4, 0.5) is 0 Å². The van der Waals surface area contributed by atoms with Gasteiger partial charge in [-0.15, -0.1) is 0 Å². The SMILES string of the molecule is C=C1C=C(C(=Cc2ccccc2)N(C)C)OC(C)=C1C#N. The normalized spacial score (nSPS) is 15.2. The Balaban J connectivity index is 2.41. The van der Waals surface area contributed by atoms with Crippen molar-refractivity contribution in [3.63, 3.8) is 0 Å². The fourth-order valence-electron chi connectivity index (χ4n) is 2.11. The van der Waals surface area contributed by atoms with Crippen LogP contribution in [0, 0.1) is 11.3 Å². The highest BCUT2D eigenvalue weighted by Gasteiger charge is 2.19.